The Morgan fingerprint density at radius 3 is 2.62 bits per heavy atom. The maximum absolute atomic E-state index is 10.9. The van der Waals surface area contributed by atoms with Crippen LogP contribution in [0.1, 0.15) is 39.2 Å². The number of pyridine rings is 1. The quantitative estimate of drug-likeness (QED) is 0.719. The summed E-state index contributed by atoms with van der Waals surface area (Å²) in [5, 5.41) is 12.5. The average molecular weight is 334 g/mol. The topological polar surface area (TPSA) is 68.7 Å². The molecule has 134 valence electrons. The maximum Gasteiger partial charge on any atom is 0.317 e. The lowest BCUT2D eigenvalue weighted by Crippen LogP contribution is -2.53. The van der Waals surface area contributed by atoms with Crippen LogP contribution in [0.25, 0.3) is 0 Å². The molecular formula is C18H30N4O2. The number of nitrogens with one attached hydrogen (secondary N) is 1. The zero-order valence-corrected chi connectivity index (χ0v) is 15.2. The minimum Gasteiger partial charge on any atom is -0.480 e. The molecule has 1 aromatic rings. The number of aromatic nitrogens is 1. The van der Waals surface area contributed by atoms with E-state index in [9.17, 15) is 4.79 Å². The summed E-state index contributed by atoms with van der Waals surface area (Å²) >= 11 is 0. The molecule has 0 aromatic carbocycles. The SMILES string of the molecule is CCN(CC(=O)O)C1CC(NCc2ccc(N(C)C(C)C)nc2)C1. The molecule has 0 unspecified atom stereocenters. The molecule has 2 rings (SSSR count). The number of nitrogens with zero attached hydrogens (tertiary/aromatic N) is 3. The van der Waals surface area contributed by atoms with Crippen molar-refractivity contribution in [3.05, 3.63) is 23.9 Å². The fraction of sp³-hybridized carbons (Fsp3) is 0.667. The molecule has 0 spiro atoms. The third kappa shape index (κ3) is 4.92. The van der Waals surface area contributed by atoms with E-state index >= 15 is 0 Å². The second-order valence-electron chi connectivity index (χ2n) is 6.89. The Bertz CT molecular complexity index is 526. The van der Waals surface area contributed by atoms with E-state index in [0.29, 0.717) is 18.1 Å². The van der Waals surface area contributed by atoms with Gasteiger partial charge in [0.1, 0.15) is 5.82 Å². The van der Waals surface area contributed by atoms with Crippen LogP contribution in [0, 0.1) is 0 Å². The van der Waals surface area contributed by atoms with Gasteiger partial charge in [-0.25, -0.2) is 4.98 Å². The van der Waals surface area contributed by atoms with E-state index < -0.39 is 5.97 Å². The van der Waals surface area contributed by atoms with Gasteiger partial charge in [-0.1, -0.05) is 13.0 Å². The van der Waals surface area contributed by atoms with Crippen molar-refractivity contribution in [2.45, 2.75) is 58.3 Å². The van der Waals surface area contributed by atoms with E-state index in [2.05, 4.69) is 48.2 Å². The summed E-state index contributed by atoms with van der Waals surface area (Å²) in [6.45, 7) is 8.05. The van der Waals surface area contributed by atoms with Gasteiger partial charge in [-0.2, -0.15) is 0 Å². The molecule has 1 aliphatic rings. The molecule has 1 saturated carbocycles. The van der Waals surface area contributed by atoms with Gasteiger partial charge in [0.25, 0.3) is 0 Å². The van der Waals surface area contributed by atoms with Crippen LogP contribution in [0.15, 0.2) is 18.3 Å². The van der Waals surface area contributed by atoms with Crippen LogP contribution in [0.5, 0.6) is 0 Å². The van der Waals surface area contributed by atoms with E-state index in [-0.39, 0.29) is 6.54 Å². The van der Waals surface area contributed by atoms with Crippen molar-refractivity contribution in [2.75, 3.05) is 25.0 Å². The zero-order valence-electron chi connectivity index (χ0n) is 15.2. The number of hydrogen-bond acceptors (Lipinski definition) is 5. The van der Waals surface area contributed by atoms with Crippen LogP contribution < -0.4 is 10.2 Å². The summed E-state index contributed by atoms with van der Waals surface area (Å²) in [5.41, 5.74) is 1.18. The van der Waals surface area contributed by atoms with Gasteiger partial charge in [-0.3, -0.25) is 9.69 Å². The smallest absolute Gasteiger partial charge is 0.317 e. The summed E-state index contributed by atoms with van der Waals surface area (Å²) in [7, 11) is 2.05. The minimum absolute atomic E-state index is 0.142. The number of carboxylic acids is 1. The fourth-order valence-electron chi connectivity index (χ4n) is 2.98. The summed E-state index contributed by atoms with van der Waals surface area (Å²) in [5.74, 6) is 0.246. The molecule has 24 heavy (non-hydrogen) atoms. The largest absolute Gasteiger partial charge is 0.480 e. The van der Waals surface area contributed by atoms with E-state index in [0.717, 1.165) is 31.7 Å². The first kappa shape index (κ1) is 18.7. The Balaban J connectivity index is 1.74. The van der Waals surface area contributed by atoms with Crippen LogP contribution in [0.3, 0.4) is 0 Å². The maximum atomic E-state index is 10.9. The summed E-state index contributed by atoms with van der Waals surface area (Å²) in [6.07, 6.45) is 3.96. The van der Waals surface area contributed by atoms with Gasteiger partial charge in [0, 0.05) is 37.9 Å². The molecule has 1 heterocycles. The first-order valence-corrected chi connectivity index (χ1v) is 8.77. The number of carboxylic acid groups (broad SMARTS) is 1. The highest BCUT2D eigenvalue weighted by Gasteiger charge is 2.33. The fourth-order valence-corrected chi connectivity index (χ4v) is 2.98. The molecule has 2 N–H and O–H groups in total. The molecule has 0 radical (unpaired) electrons. The first-order chi connectivity index (χ1) is 11.4. The number of carbonyl (C=O) groups is 1. The van der Waals surface area contributed by atoms with Crippen LogP contribution >= 0.6 is 0 Å². The van der Waals surface area contributed by atoms with Crippen LogP contribution in [-0.2, 0) is 11.3 Å². The predicted octanol–water partition coefficient (Wildman–Crippen LogP) is 1.95. The van der Waals surface area contributed by atoms with Gasteiger partial charge >= 0.3 is 5.97 Å². The van der Waals surface area contributed by atoms with E-state index in [4.69, 9.17) is 5.11 Å². The third-order valence-electron chi connectivity index (χ3n) is 4.91. The van der Waals surface area contributed by atoms with Gasteiger partial charge < -0.3 is 15.3 Å². The number of hydrogen-bond donors (Lipinski definition) is 2. The van der Waals surface area contributed by atoms with Crippen molar-refractivity contribution in [3.8, 4) is 0 Å². The standard InChI is InChI=1S/C18H30N4O2/c1-5-22(12-18(23)24)16-8-15(9-16)19-10-14-6-7-17(20-11-14)21(4)13(2)3/h6-7,11,13,15-16,19H,5,8-10,12H2,1-4H3,(H,23,24). The molecule has 6 heteroatoms. The van der Waals surface area contributed by atoms with Crippen molar-refractivity contribution in [1.29, 1.82) is 0 Å². The van der Waals surface area contributed by atoms with E-state index in [1.54, 1.807) is 0 Å². The molecule has 6 nitrogen and oxygen atoms in total. The minimum atomic E-state index is -0.745. The van der Waals surface area contributed by atoms with E-state index in [1.165, 1.54) is 5.56 Å². The number of rotatable bonds is 9. The van der Waals surface area contributed by atoms with Crippen molar-refractivity contribution >= 4 is 11.8 Å². The summed E-state index contributed by atoms with van der Waals surface area (Å²) in [4.78, 5) is 19.6. The van der Waals surface area contributed by atoms with Gasteiger partial charge in [-0.15, -0.1) is 0 Å². The van der Waals surface area contributed by atoms with Gasteiger partial charge in [0.15, 0.2) is 0 Å². The van der Waals surface area contributed by atoms with Gasteiger partial charge in [-0.05, 0) is 44.9 Å². The lowest BCUT2D eigenvalue weighted by atomic mass is 9.85. The predicted molar refractivity (Wildman–Crippen MR) is 96.3 cm³/mol. The zero-order chi connectivity index (χ0) is 17.7. The lowest BCUT2D eigenvalue weighted by Gasteiger charge is -2.42. The average Bonchev–Trinajstić information content (AvgIpc) is 2.51. The first-order valence-electron chi connectivity index (χ1n) is 8.77. The van der Waals surface area contributed by atoms with Crippen LogP contribution in [0.4, 0.5) is 5.82 Å². The highest BCUT2D eigenvalue weighted by molar-refractivity contribution is 5.69. The third-order valence-corrected chi connectivity index (χ3v) is 4.91. The second kappa shape index (κ2) is 8.44. The Morgan fingerprint density at radius 1 is 1.42 bits per heavy atom. The van der Waals surface area contributed by atoms with Crippen molar-refractivity contribution in [2.24, 2.45) is 0 Å². The van der Waals surface area contributed by atoms with Crippen LogP contribution in [0.2, 0.25) is 0 Å². The summed E-state index contributed by atoms with van der Waals surface area (Å²) in [6, 6.07) is 5.47. The van der Waals surface area contributed by atoms with Crippen molar-refractivity contribution in [1.82, 2.24) is 15.2 Å². The molecular weight excluding hydrogens is 304 g/mol. The van der Waals surface area contributed by atoms with Gasteiger partial charge in [0.2, 0.25) is 0 Å². The molecule has 0 saturated heterocycles. The molecule has 1 aliphatic carbocycles. The Kier molecular flexibility index (Phi) is 6.57. The number of anilines is 1. The molecule has 0 bridgehead atoms. The highest BCUT2D eigenvalue weighted by atomic mass is 16.4. The normalized spacial score (nSPS) is 20.2. The number of likely N-dealkylation sites (N-methyl/N-ethyl adjacent to an activating group) is 1. The summed E-state index contributed by atoms with van der Waals surface area (Å²) < 4.78 is 0. The van der Waals surface area contributed by atoms with Crippen molar-refractivity contribution in [3.63, 3.8) is 0 Å². The molecule has 0 amide bonds. The van der Waals surface area contributed by atoms with E-state index in [1.807, 2.05) is 18.0 Å². The van der Waals surface area contributed by atoms with Gasteiger partial charge in [0.05, 0.1) is 6.54 Å². The monoisotopic (exact) mass is 334 g/mol. The Hall–Kier alpha value is -1.66. The lowest BCUT2D eigenvalue weighted by molar-refractivity contribution is -0.139. The molecule has 0 aliphatic heterocycles. The highest BCUT2D eigenvalue weighted by Crippen LogP contribution is 2.26. The Labute approximate surface area is 144 Å². The van der Waals surface area contributed by atoms with Crippen molar-refractivity contribution < 1.29 is 9.90 Å². The van der Waals surface area contributed by atoms with Crippen LogP contribution in [-0.4, -0.2) is 59.2 Å². The molecule has 0 atom stereocenters. The molecule has 1 fully saturated rings. The second-order valence-corrected chi connectivity index (χ2v) is 6.89. The molecule has 1 aromatic heterocycles. The Morgan fingerprint density at radius 2 is 2.12 bits per heavy atom. The number of aliphatic carboxylic acids is 1.